The van der Waals surface area contributed by atoms with E-state index in [-0.39, 0.29) is 5.78 Å². The van der Waals surface area contributed by atoms with Crippen LogP contribution in [-0.4, -0.2) is 43.9 Å². The predicted octanol–water partition coefficient (Wildman–Crippen LogP) is 1.14. The second kappa shape index (κ2) is 5.08. The van der Waals surface area contributed by atoms with E-state index >= 15 is 0 Å². The number of Topliss-reactive ketones (excluding diaryl/α,β-unsaturated/α-hetero) is 1. The molecule has 1 aliphatic heterocycles. The van der Waals surface area contributed by atoms with E-state index in [4.69, 9.17) is 0 Å². The molecule has 0 aliphatic carbocycles. The third-order valence-corrected chi connectivity index (χ3v) is 3.45. The maximum Gasteiger partial charge on any atom is 0.143 e. The first-order valence-corrected chi connectivity index (χ1v) is 5.80. The zero-order chi connectivity index (χ0) is 11.5. The largest absolute Gasteiger partial charge is 0.309 e. The number of likely N-dealkylation sites (tertiary alicyclic amines) is 1. The topological polar surface area (TPSA) is 32.3 Å². The minimum Gasteiger partial charge on any atom is -0.309 e. The van der Waals surface area contributed by atoms with Crippen LogP contribution in [0.25, 0.3) is 0 Å². The second-order valence-electron chi connectivity index (χ2n) is 5.54. The fraction of sp³-hybridized carbons (Fsp3) is 0.917. The highest BCUT2D eigenvalue weighted by atomic mass is 16.1. The van der Waals surface area contributed by atoms with Gasteiger partial charge in [0.15, 0.2) is 0 Å². The van der Waals surface area contributed by atoms with E-state index in [1.54, 1.807) is 6.92 Å². The zero-order valence-electron chi connectivity index (χ0n) is 10.5. The molecule has 0 bridgehead atoms. The van der Waals surface area contributed by atoms with Gasteiger partial charge < -0.3 is 10.2 Å². The Bertz CT molecular complexity index is 226. The summed E-state index contributed by atoms with van der Waals surface area (Å²) >= 11 is 0. The van der Waals surface area contributed by atoms with Crippen molar-refractivity contribution >= 4 is 5.78 Å². The number of rotatable bonds is 5. The molecule has 1 atom stereocenters. The average molecular weight is 212 g/mol. The van der Waals surface area contributed by atoms with Crippen molar-refractivity contribution in [1.29, 1.82) is 0 Å². The van der Waals surface area contributed by atoms with Crippen molar-refractivity contribution in [1.82, 2.24) is 10.2 Å². The SMILES string of the molecule is CC(=O)CNCC(C)(C)C1CCN(C)C1. The van der Waals surface area contributed by atoms with Crippen LogP contribution >= 0.6 is 0 Å². The molecule has 88 valence electrons. The van der Waals surface area contributed by atoms with Crippen LogP contribution in [-0.2, 0) is 4.79 Å². The number of hydrogen-bond acceptors (Lipinski definition) is 3. The number of nitrogens with one attached hydrogen (secondary N) is 1. The minimum absolute atomic E-state index is 0.217. The lowest BCUT2D eigenvalue weighted by molar-refractivity contribution is -0.116. The smallest absolute Gasteiger partial charge is 0.143 e. The number of hydrogen-bond donors (Lipinski definition) is 1. The highest BCUT2D eigenvalue weighted by molar-refractivity contribution is 5.77. The van der Waals surface area contributed by atoms with Gasteiger partial charge >= 0.3 is 0 Å². The molecule has 1 rings (SSSR count). The highest BCUT2D eigenvalue weighted by Crippen LogP contribution is 2.32. The number of nitrogens with zero attached hydrogens (tertiary/aromatic N) is 1. The van der Waals surface area contributed by atoms with Crippen LogP contribution in [0, 0.1) is 11.3 Å². The van der Waals surface area contributed by atoms with E-state index in [9.17, 15) is 4.79 Å². The van der Waals surface area contributed by atoms with E-state index in [2.05, 4.69) is 31.1 Å². The monoisotopic (exact) mass is 212 g/mol. The molecular weight excluding hydrogens is 188 g/mol. The molecule has 3 heteroatoms. The Balaban J connectivity index is 2.34. The maximum atomic E-state index is 10.8. The Morgan fingerprint density at radius 1 is 1.53 bits per heavy atom. The normalized spacial score (nSPS) is 23.3. The van der Waals surface area contributed by atoms with Gasteiger partial charge in [-0.15, -0.1) is 0 Å². The van der Waals surface area contributed by atoms with Crippen LogP contribution in [0.1, 0.15) is 27.2 Å². The standard InChI is InChI=1S/C12H24N2O/c1-10(15)7-13-9-12(2,3)11-5-6-14(4)8-11/h11,13H,5-9H2,1-4H3. The predicted molar refractivity (Wildman–Crippen MR) is 62.9 cm³/mol. The summed E-state index contributed by atoms with van der Waals surface area (Å²) < 4.78 is 0. The van der Waals surface area contributed by atoms with E-state index in [0.717, 1.165) is 12.5 Å². The Labute approximate surface area is 93.2 Å². The van der Waals surface area contributed by atoms with Gasteiger partial charge in [0.2, 0.25) is 0 Å². The first-order chi connectivity index (χ1) is 6.92. The van der Waals surface area contributed by atoms with Crippen LogP contribution < -0.4 is 5.32 Å². The van der Waals surface area contributed by atoms with Crippen LogP contribution in [0.4, 0.5) is 0 Å². The number of carbonyl (C=O) groups is 1. The third kappa shape index (κ3) is 3.92. The van der Waals surface area contributed by atoms with Gasteiger partial charge in [-0.05, 0) is 38.3 Å². The molecule has 0 radical (unpaired) electrons. The summed E-state index contributed by atoms with van der Waals surface area (Å²) in [6.07, 6.45) is 1.28. The van der Waals surface area contributed by atoms with E-state index in [1.165, 1.54) is 19.5 Å². The molecule has 0 amide bonds. The van der Waals surface area contributed by atoms with Crippen molar-refractivity contribution in [2.45, 2.75) is 27.2 Å². The summed E-state index contributed by atoms with van der Waals surface area (Å²) in [4.78, 5) is 13.2. The van der Waals surface area contributed by atoms with E-state index < -0.39 is 0 Å². The van der Waals surface area contributed by atoms with Gasteiger partial charge in [-0.2, -0.15) is 0 Å². The van der Waals surface area contributed by atoms with Crippen molar-refractivity contribution in [3.05, 3.63) is 0 Å². The van der Waals surface area contributed by atoms with Gasteiger partial charge in [0.1, 0.15) is 5.78 Å². The van der Waals surface area contributed by atoms with Crippen LogP contribution in [0.2, 0.25) is 0 Å². The number of ketones is 1. The van der Waals surface area contributed by atoms with E-state index in [1.807, 2.05) is 0 Å². The molecule has 15 heavy (non-hydrogen) atoms. The fourth-order valence-corrected chi connectivity index (χ4v) is 2.28. The molecule has 0 spiro atoms. The lowest BCUT2D eigenvalue weighted by Crippen LogP contribution is -2.38. The summed E-state index contributed by atoms with van der Waals surface area (Å²) in [5.41, 5.74) is 0.292. The Morgan fingerprint density at radius 2 is 2.20 bits per heavy atom. The Morgan fingerprint density at radius 3 is 2.67 bits per heavy atom. The molecule has 1 aliphatic rings. The van der Waals surface area contributed by atoms with Gasteiger partial charge in [-0.1, -0.05) is 13.8 Å². The molecule has 0 aromatic carbocycles. The van der Waals surface area contributed by atoms with Crippen molar-refractivity contribution in [3.63, 3.8) is 0 Å². The van der Waals surface area contributed by atoms with Crippen molar-refractivity contribution in [2.75, 3.05) is 33.2 Å². The summed E-state index contributed by atoms with van der Waals surface area (Å²) in [5, 5.41) is 3.25. The minimum atomic E-state index is 0.217. The summed E-state index contributed by atoms with van der Waals surface area (Å²) in [6.45, 7) is 10.1. The molecular formula is C12H24N2O. The van der Waals surface area contributed by atoms with E-state index in [0.29, 0.717) is 12.0 Å². The highest BCUT2D eigenvalue weighted by Gasteiger charge is 2.33. The fourth-order valence-electron chi connectivity index (χ4n) is 2.28. The number of carbonyl (C=O) groups excluding carboxylic acids is 1. The van der Waals surface area contributed by atoms with Gasteiger partial charge in [0.25, 0.3) is 0 Å². The van der Waals surface area contributed by atoms with Gasteiger partial charge in [-0.25, -0.2) is 0 Å². The molecule has 3 nitrogen and oxygen atoms in total. The molecule has 1 unspecified atom stereocenters. The lowest BCUT2D eigenvalue weighted by Gasteiger charge is -2.31. The summed E-state index contributed by atoms with van der Waals surface area (Å²) in [5.74, 6) is 0.969. The lowest BCUT2D eigenvalue weighted by atomic mass is 9.78. The molecule has 0 aromatic rings. The third-order valence-electron chi connectivity index (χ3n) is 3.45. The second-order valence-corrected chi connectivity index (χ2v) is 5.54. The van der Waals surface area contributed by atoms with Crippen molar-refractivity contribution in [2.24, 2.45) is 11.3 Å². The van der Waals surface area contributed by atoms with Gasteiger partial charge in [0.05, 0.1) is 6.54 Å². The average Bonchev–Trinajstić information content (AvgIpc) is 2.51. The molecule has 1 saturated heterocycles. The van der Waals surface area contributed by atoms with Crippen LogP contribution in [0.3, 0.4) is 0 Å². The van der Waals surface area contributed by atoms with Crippen molar-refractivity contribution in [3.8, 4) is 0 Å². The molecule has 1 N–H and O–H groups in total. The van der Waals surface area contributed by atoms with Gasteiger partial charge in [0, 0.05) is 13.1 Å². The van der Waals surface area contributed by atoms with Crippen molar-refractivity contribution < 1.29 is 4.79 Å². The molecule has 1 fully saturated rings. The maximum absolute atomic E-state index is 10.8. The summed E-state index contributed by atoms with van der Waals surface area (Å²) in [6, 6.07) is 0. The Kier molecular flexibility index (Phi) is 4.29. The van der Waals surface area contributed by atoms with Crippen LogP contribution in [0.5, 0.6) is 0 Å². The molecule has 0 aromatic heterocycles. The quantitative estimate of drug-likeness (QED) is 0.742. The molecule has 1 heterocycles. The Hall–Kier alpha value is -0.410. The first kappa shape index (κ1) is 12.7. The first-order valence-electron chi connectivity index (χ1n) is 5.80. The van der Waals surface area contributed by atoms with Crippen LogP contribution in [0.15, 0.2) is 0 Å². The molecule has 0 saturated carbocycles. The summed E-state index contributed by atoms with van der Waals surface area (Å²) in [7, 11) is 2.18. The zero-order valence-corrected chi connectivity index (χ0v) is 10.5. The van der Waals surface area contributed by atoms with Gasteiger partial charge in [-0.3, -0.25) is 4.79 Å².